The molecule has 0 heterocycles. The summed E-state index contributed by atoms with van der Waals surface area (Å²) in [6.07, 6.45) is 0.775. The number of rotatable bonds is 11. The molecule has 1 rings (SSSR count). The Morgan fingerprint density at radius 2 is 1.85 bits per heavy atom. The second-order valence-corrected chi connectivity index (χ2v) is 6.10. The number of primary amides is 1. The number of halogens is 1. The van der Waals surface area contributed by atoms with Crippen LogP contribution in [0.5, 0.6) is 0 Å². The number of benzene rings is 1. The third-order valence-corrected chi connectivity index (χ3v) is 3.48. The molecule has 0 fully saturated rings. The molecule has 1 atom stereocenters. The van der Waals surface area contributed by atoms with Gasteiger partial charge in [-0.15, -0.1) is 0 Å². The average molecular weight is 367 g/mol. The van der Waals surface area contributed by atoms with E-state index in [2.05, 4.69) is 10.6 Å². The number of carbonyl (C=O) groups excluding carboxylic acids is 3. The van der Waals surface area contributed by atoms with Crippen LogP contribution in [0.3, 0.4) is 0 Å². The molecule has 1 aromatic carbocycles. The summed E-state index contributed by atoms with van der Waals surface area (Å²) in [6, 6.07) is 4.03. The maximum atomic E-state index is 12.9. The lowest BCUT2D eigenvalue weighted by Crippen LogP contribution is -2.47. The summed E-state index contributed by atoms with van der Waals surface area (Å²) in [5.74, 6) is -1.97. The fourth-order valence-electron chi connectivity index (χ4n) is 2.12. The van der Waals surface area contributed by atoms with Crippen LogP contribution in [0, 0.1) is 5.82 Å². The Morgan fingerprint density at radius 3 is 2.42 bits per heavy atom. The van der Waals surface area contributed by atoms with Crippen molar-refractivity contribution >= 4 is 17.7 Å². The van der Waals surface area contributed by atoms with Crippen LogP contribution in [0.2, 0.25) is 0 Å². The van der Waals surface area contributed by atoms with E-state index < -0.39 is 29.6 Å². The Hall–Kier alpha value is -2.48. The van der Waals surface area contributed by atoms with E-state index in [-0.39, 0.29) is 24.5 Å². The number of nitrogens with one attached hydrogen (secondary N) is 2. The first-order valence-electron chi connectivity index (χ1n) is 8.53. The predicted molar refractivity (Wildman–Crippen MR) is 94.8 cm³/mol. The first kappa shape index (κ1) is 21.6. The van der Waals surface area contributed by atoms with Gasteiger partial charge in [0.15, 0.2) is 0 Å². The van der Waals surface area contributed by atoms with Crippen LogP contribution in [-0.2, 0) is 14.3 Å². The smallest absolute Gasteiger partial charge is 0.251 e. The summed E-state index contributed by atoms with van der Waals surface area (Å²) in [4.78, 5) is 35.5. The molecule has 7 nitrogen and oxygen atoms in total. The first-order valence-corrected chi connectivity index (χ1v) is 8.53. The van der Waals surface area contributed by atoms with E-state index >= 15 is 0 Å². The highest BCUT2D eigenvalue weighted by molar-refractivity contribution is 5.97. The Labute approximate surface area is 152 Å². The zero-order valence-corrected chi connectivity index (χ0v) is 15.1. The van der Waals surface area contributed by atoms with Gasteiger partial charge in [-0.05, 0) is 51.0 Å². The van der Waals surface area contributed by atoms with E-state index in [1.807, 2.05) is 13.8 Å². The zero-order chi connectivity index (χ0) is 19.5. The van der Waals surface area contributed by atoms with E-state index in [0.717, 1.165) is 12.1 Å². The van der Waals surface area contributed by atoms with E-state index in [9.17, 15) is 18.8 Å². The van der Waals surface area contributed by atoms with E-state index in [1.165, 1.54) is 12.1 Å². The van der Waals surface area contributed by atoms with Crippen molar-refractivity contribution in [3.8, 4) is 0 Å². The minimum absolute atomic E-state index is 0.0434. The molecule has 0 unspecified atom stereocenters. The van der Waals surface area contributed by atoms with Crippen LogP contribution >= 0.6 is 0 Å². The molecular formula is C18H26FN3O4. The maximum Gasteiger partial charge on any atom is 0.251 e. The minimum Gasteiger partial charge on any atom is -0.379 e. The molecule has 144 valence electrons. The van der Waals surface area contributed by atoms with Gasteiger partial charge in [0, 0.05) is 25.1 Å². The molecule has 0 radical (unpaired) electrons. The van der Waals surface area contributed by atoms with Gasteiger partial charge in [0.05, 0.1) is 6.10 Å². The molecule has 0 saturated carbocycles. The molecule has 0 aliphatic heterocycles. The number of carbonyl (C=O) groups is 3. The lowest BCUT2D eigenvalue weighted by molar-refractivity contribution is -0.123. The van der Waals surface area contributed by atoms with Crippen molar-refractivity contribution in [2.24, 2.45) is 5.73 Å². The maximum absolute atomic E-state index is 12.9. The third kappa shape index (κ3) is 8.57. The van der Waals surface area contributed by atoms with Gasteiger partial charge in [0.1, 0.15) is 11.9 Å². The summed E-state index contributed by atoms with van der Waals surface area (Å²) in [5, 5.41) is 5.25. The Bertz CT molecular complexity index is 605. The molecule has 26 heavy (non-hydrogen) atoms. The number of amides is 3. The summed E-state index contributed by atoms with van der Waals surface area (Å²) >= 11 is 0. The van der Waals surface area contributed by atoms with Gasteiger partial charge < -0.3 is 21.1 Å². The molecule has 3 amide bonds. The van der Waals surface area contributed by atoms with Gasteiger partial charge in [0.2, 0.25) is 11.8 Å². The van der Waals surface area contributed by atoms with Crippen molar-refractivity contribution in [3.63, 3.8) is 0 Å². The Morgan fingerprint density at radius 1 is 1.19 bits per heavy atom. The Balaban J connectivity index is 2.59. The summed E-state index contributed by atoms with van der Waals surface area (Å²) < 4.78 is 18.3. The fraction of sp³-hybridized carbons (Fsp3) is 0.500. The van der Waals surface area contributed by atoms with Crippen molar-refractivity contribution < 1.29 is 23.5 Å². The Kier molecular flexibility index (Phi) is 9.29. The molecule has 1 aromatic rings. The third-order valence-electron chi connectivity index (χ3n) is 3.48. The van der Waals surface area contributed by atoms with E-state index in [1.54, 1.807) is 0 Å². The number of hydrogen-bond donors (Lipinski definition) is 3. The highest BCUT2D eigenvalue weighted by Crippen LogP contribution is 2.05. The normalized spacial score (nSPS) is 11.8. The lowest BCUT2D eigenvalue weighted by Gasteiger charge is -2.18. The summed E-state index contributed by atoms with van der Waals surface area (Å²) in [7, 11) is 0. The summed E-state index contributed by atoms with van der Waals surface area (Å²) in [6.45, 7) is 4.73. The predicted octanol–water partition coefficient (Wildman–Crippen LogP) is 1.12. The molecule has 0 aliphatic carbocycles. The van der Waals surface area contributed by atoms with Crippen LogP contribution in [0.15, 0.2) is 24.3 Å². The molecule has 8 heteroatoms. The minimum atomic E-state index is -0.911. The summed E-state index contributed by atoms with van der Waals surface area (Å²) in [5.41, 5.74) is 5.34. The lowest BCUT2D eigenvalue weighted by atomic mass is 10.1. The highest BCUT2D eigenvalue weighted by Gasteiger charge is 2.21. The van der Waals surface area contributed by atoms with Crippen molar-refractivity contribution in [1.29, 1.82) is 0 Å². The van der Waals surface area contributed by atoms with Crippen LogP contribution in [0.1, 0.15) is 43.5 Å². The largest absolute Gasteiger partial charge is 0.379 e. The van der Waals surface area contributed by atoms with Gasteiger partial charge in [-0.2, -0.15) is 0 Å². The van der Waals surface area contributed by atoms with E-state index in [0.29, 0.717) is 19.6 Å². The van der Waals surface area contributed by atoms with Gasteiger partial charge in [0.25, 0.3) is 5.91 Å². The number of ether oxygens (including phenoxy) is 1. The van der Waals surface area contributed by atoms with Crippen molar-refractivity contribution in [1.82, 2.24) is 10.6 Å². The average Bonchev–Trinajstić information content (AvgIpc) is 2.58. The SMILES string of the molecule is CC(C)OCCCNC(=O)[C@H](CCC(N)=O)NC(=O)c1ccc(F)cc1. The molecule has 0 aliphatic rings. The monoisotopic (exact) mass is 367 g/mol. The molecular weight excluding hydrogens is 341 g/mol. The molecule has 0 spiro atoms. The second-order valence-electron chi connectivity index (χ2n) is 6.10. The molecule has 0 saturated heterocycles. The van der Waals surface area contributed by atoms with Crippen LogP contribution in [0.4, 0.5) is 4.39 Å². The topological polar surface area (TPSA) is 111 Å². The van der Waals surface area contributed by atoms with Gasteiger partial charge in [-0.25, -0.2) is 4.39 Å². The molecule has 0 aromatic heterocycles. The van der Waals surface area contributed by atoms with Crippen molar-refractivity contribution in [3.05, 3.63) is 35.6 Å². The van der Waals surface area contributed by atoms with Gasteiger partial charge >= 0.3 is 0 Å². The molecule has 0 bridgehead atoms. The number of nitrogens with two attached hydrogens (primary N) is 1. The van der Waals surface area contributed by atoms with E-state index in [4.69, 9.17) is 10.5 Å². The quantitative estimate of drug-likeness (QED) is 0.509. The van der Waals surface area contributed by atoms with Gasteiger partial charge in [-0.1, -0.05) is 0 Å². The first-order chi connectivity index (χ1) is 12.3. The standard InChI is InChI=1S/C18H26FN3O4/c1-12(2)26-11-3-10-21-18(25)15(8-9-16(20)23)22-17(24)13-4-6-14(19)7-5-13/h4-7,12,15H,3,8-11H2,1-2H3,(H2,20,23)(H,21,25)(H,22,24)/t15-/m0/s1. The van der Waals surface area contributed by atoms with Gasteiger partial charge in [-0.3, -0.25) is 14.4 Å². The van der Waals surface area contributed by atoms with Crippen molar-refractivity contribution in [2.75, 3.05) is 13.2 Å². The van der Waals surface area contributed by atoms with Crippen LogP contribution in [0.25, 0.3) is 0 Å². The van der Waals surface area contributed by atoms with Crippen LogP contribution in [-0.4, -0.2) is 43.0 Å². The fourth-order valence-corrected chi connectivity index (χ4v) is 2.12. The van der Waals surface area contributed by atoms with Crippen LogP contribution < -0.4 is 16.4 Å². The number of hydrogen-bond acceptors (Lipinski definition) is 4. The second kappa shape index (κ2) is 11.2. The highest BCUT2D eigenvalue weighted by atomic mass is 19.1. The van der Waals surface area contributed by atoms with Crippen molar-refractivity contribution in [2.45, 2.75) is 45.3 Å². The zero-order valence-electron chi connectivity index (χ0n) is 15.1. The molecule has 4 N–H and O–H groups in total.